The van der Waals surface area contributed by atoms with Crippen molar-refractivity contribution in [3.8, 4) is 11.5 Å². The summed E-state index contributed by atoms with van der Waals surface area (Å²) in [7, 11) is -3.68. The predicted molar refractivity (Wildman–Crippen MR) is 102 cm³/mol. The smallest absolute Gasteiger partial charge is 0.242 e. The average molecular weight is 379 g/mol. The number of hydrogen-bond acceptors (Lipinski definition) is 5. The molecule has 0 fully saturated rings. The number of imidazole rings is 1. The number of benzene rings is 1. The molecule has 0 bridgehead atoms. The van der Waals surface area contributed by atoms with Crippen LogP contribution in [0, 0.1) is 0 Å². The van der Waals surface area contributed by atoms with Crippen molar-refractivity contribution < 1.29 is 8.42 Å². The standard InChI is InChI=1S/C19H17N5O2S/c25-27(26,17-8-3-5-15-6-4-10-21-18(15)17)23-12-14-24-13-11-22-19(24)16-7-1-2-9-20-16/h1-11,13,23H,12,14H2. The molecule has 4 aromatic rings. The molecule has 0 saturated carbocycles. The van der Waals surface area contributed by atoms with Crippen LogP contribution in [0.5, 0.6) is 0 Å². The Kier molecular flexibility index (Phi) is 4.66. The van der Waals surface area contributed by atoms with Crippen molar-refractivity contribution in [2.45, 2.75) is 11.4 Å². The monoisotopic (exact) mass is 379 g/mol. The van der Waals surface area contributed by atoms with Gasteiger partial charge in [-0.15, -0.1) is 0 Å². The number of sulfonamides is 1. The summed E-state index contributed by atoms with van der Waals surface area (Å²) < 4.78 is 30.0. The molecule has 0 amide bonds. The van der Waals surface area contributed by atoms with Crippen molar-refractivity contribution in [1.82, 2.24) is 24.2 Å². The fourth-order valence-electron chi connectivity index (χ4n) is 2.89. The third-order valence-corrected chi connectivity index (χ3v) is 5.63. The van der Waals surface area contributed by atoms with Gasteiger partial charge in [-0.2, -0.15) is 0 Å². The first-order chi connectivity index (χ1) is 13.1. The van der Waals surface area contributed by atoms with E-state index in [0.717, 1.165) is 11.1 Å². The van der Waals surface area contributed by atoms with Crippen molar-refractivity contribution in [3.05, 3.63) is 73.3 Å². The number of fused-ring (bicyclic) bond motifs is 1. The maximum absolute atomic E-state index is 12.7. The largest absolute Gasteiger partial charge is 0.328 e. The summed E-state index contributed by atoms with van der Waals surface area (Å²) in [6.45, 7) is 0.658. The average Bonchev–Trinajstić information content (AvgIpc) is 3.16. The molecule has 4 rings (SSSR count). The third-order valence-electron chi connectivity index (χ3n) is 4.14. The van der Waals surface area contributed by atoms with Crippen molar-refractivity contribution in [1.29, 1.82) is 0 Å². The lowest BCUT2D eigenvalue weighted by molar-refractivity contribution is 0.574. The van der Waals surface area contributed by atoms with Gasteiger partial charge in [0.05, 0.1) is 5.52 Å². The summed E-state index contributed by atoms with van der Waals surface area (Å²) in [5, 5.41) is 0.785. The molecule has 0 aliphatic heterocycles. The number of nitrogens with one attached hydrogen (secondary N) is 1. The van der Waals surface area contributed by atoms with E-state index in [-0.39, 0.29) is 11.4 Å². The van der Waals surface area contributed by atoms with E-state index >= 15 is 0 Å². The summed E-state index contributed by atoms with van der Waals surface area (Å²) in [5.74, 6) is 0.696. The maximum atomic E-state index is 12.7. The molecular formula is C19H17N5O2S. The molecule has 27 heavy (non-hydrogen) atoms. The van der Waals surface area contributed by atoms with Gasteiger partial charge in [-0.05, 0) is 24.3 Å². The van der Waals surface area contributed by atoms with Crippen molar-refractivity contribution in [2.75, 3.05) is 6.54 Å². The Labute approximate surface area is 156 Å². The highest BCUT2D eigenvalue weighted by molar-refractivity contribution is 7.89. The van der Waals surface area contributed by atoms with E-state index < -0.39 is 10.0 Å². The zero-order valence-corrected chi connectivity index (χ0v) is 15.2. The second-order valence-corrected chi connectivity index (χ2v) is 7.62. The van der Waals surface area contributed by atoms with Crippen molar-refractivity contribution in [2.24, 2.45) is 0 Å². The SMILES string of the molecule is O=S(=O)(NCCn1ccnc1-c1ccccn1)c1cccc2cccnc12. The van der Waals surface area contributed by atoms with Crippen molar-refractivity contribution >= 4 is 20.9 Å². The molecule has 136 valence electrons. The second-order valence-electron chi connectivity index (χ2n) is 5.89. The molecule has 8 heteroatoms. The summed E-state index contributed by atoms with van der Waals surface area (Å²) in [5.41, 5.74) is 1.20. The van der Waals surface area contributed by atoms with Crippen LogP contribution in [0.3, 0.4) is 0 Å². The highest BCUT2D eigenvalue weighted by atomic mass is 32.2. The lowest BCUT2D eigenvalue weighted by Crippen LogP contribution is -2.27. The number of para-hydroxylation sites is 1. The summed E-state index contributed by atoms with van der Waals surface area (Å²) in [4.78, 5) is 13.0. The number of pyridine rings is 2. The van der Waals surface area contributed by atoms with Gasteiger partial charge in [0.1, 0.15) is 10.6 Å². The van der Waals surface area contributed by atoms with E-state index in [2.05, 4.69) is 19.7 Å². The first kappa shape index (κ1) is 17.3. The van der Waals surface area contributed by atoms with E-state index in [1.165, 1.54) is 0 Å². The third kappa shape index (κ3) is 3.57. The van der Waals surface area contributed by atoms with Crippen molar-refractivity contribution in [3.63, 3.8) is 0 Å². The van der Waals surface area contributed by atoms with E-state index in [1.54, 1.807) is 43.0 Å². The number of nitrogens with zero attached hydrogens (tertiary/aromatic N) is 4. The van der Waals surface area contributed by atoms with Gasteiger partial charge in [-0.25, -0.2) is 18.1 Å². The first-order valence-electron chi connectivity index (χ1n) is 8.41. The van der Waals surface area contributed by atoms with Crippen LogP contribution in [0.15, 0.2) is 78.2 Å². The maximum Gasteiger partial charge on any atom is 0.242 e. The van der Waals surface area contributed by atoms with Gasteiger partial charge >= 0.3 is 0 Å². The Balaban J connectivity index is 1.52. The molecule has 0 aliphatic carbocycles. The Morgan fingerprint density at radius 1 is 0.889 bits per heavy atom. The van der Waals surface area contributed by atoms with Gasteiger partial charge in [0, 0.05) is 43.3 Å². The molecule has 0 aliphatic rings. The molecule has 3 aromatic heterocycles. The van der Waals surface area contributed by atoms with E-state index in [9.17, 15) is 8.42 Å². The lowest BCUT2D eigenvalue weighted by atomic mass is 10.2. The first-order valence-corrected chi connectivity index (χ1v) is 9.89. The lowest BCUT2D eigenvalue weighted by Gasteiger charge is -2.11. The van der Waals surface area contributed by atoms with E-state index in [1.807, 2.05) is 34.9 Å². The molecule has 0 atom stereocenters. The normalized spacial score (nSPS) is 11.7. The van der Waals surface area contributed by atoms with E-state index in [0.29, 0.717) is 17.9 Å². The molecule has 0 saturated heterocycles. The highest BCUT2D eigenvalue weighted by Crippen LogP contribution is 2.20. The van der Waals surface area contributed by atoms with Crippen LogP contribution in [0.1, 0.15) is 0 Å². The fourth-order valence-corrected chi connectivity index (χ4v) is 4.09. The van der Waals surface area contributed by atoms with Gasteiger partial charge in [-0.1, -0.05) is 24.3 Å². The summed E-state index contributed by atoms with van der Waals surface area (Å²) in [6, 6.07) is 14.3. The number of rotatable bonds is 6. The van der Waals surface area contributed by atoms with Crippen LogP contribution in [-0.4, -0.2) is 34.5 Å². The minimum absolute atomic E-state index is 0.177. The van der Waals surface area contributed by atoms with Gasteiger partial charge in [0.15, 0.2) is 5.82 Å². The number of aromatic nitrogens is 4. The van der Waals surface area contributed by atoms with Crippen LogP contribution in [-0.2, 0) is 16.6 Å². The van der Waals surface area contributed by atoms with Crippen LogP contribution >= 0.6 is 0 Å². The molecular weight excluding hydrogens is 362 g/mol. The quantitative estimate of drug-likeness (QED) is 0.556. The second kappa shape index (κ2) is 7.26. The molecule has 1 N–H and O–H groups in total. The molecule has 3 heterocycles. The fraction of sp³-hybridized carbons (Fsp3) is 0.105. The molecule has 0 unspecified atom stereocenters. The zero-order valence-electron chi connectivity index (χ0n) is 14.4. The van der Waals surface area contributed by atoms with Crippen LogP contribution in [0.25, 0.3) is 22.4 Å². The van der Waals surface area contributed by atoms with E-state index in [4.69, 9.17) is 0 Å². The minimum atomic E-state index is -3.68. The highest BCUT2D eigenvalue weighted by Gasteiger charge is 2.18. The summed E-state index contributed by atoms with van der Waals surface area (Å²) >= 11 is 0. The topological polar surface area (TPSA) is 89.8 Å². The Bertz CT molecular complexity index is 1170. The van der Waals surface area contributed by atoms with Gasteiger partial charge < -0.3 is 4.57 Å². The Morgan fingerprint density at radius 3 is 2.59 bits per heavy atom. The van der Waals surface area contributed by atoms with Crippen LogP contribution < -0.4 is 4.72 Å². The summed E-state index contributed by atoms with van der Waals surface area (Å²) in [6.07, 6.45) is 6.77. The molecule has 7 nitrogen and oxygen atoms in total. The Hall–Kier alpha value is -3.10. The predicted octanol–water partition coefficient (Wildman–Crippen LogP) is 2.47. The Morgan fingerprint density at radius 2 is 1.74 bits per heavy atom. The zero-order chi connectivity index (χ0) is 18.7. The molecule has 1 aromatic carbocycles. The molecule has 0 spiro atoms. The molecule has 0 radical (unpaired) electrons. The van der Waals surface area contributed by atoms with Crippen LogP contribution in [0.4, 0.5) is 0 Å². The minimum Gasteiger partial charge on any atom is -0.328 e. The van der Waals surface area contributed by atoms with Gasteiger partial charge in [-0.3, -0.25) is 9.97 Å². The van der Waals surface area contributed by atoms with Gasteiger partial charge in [0.25, 0.3) is 0 Å². The number of hydrogen-bond donors (Lipinski definition) is 1. The van der Waals surface area contributed by atoms with Gasteiger partial charge in [0.2, 0.25) is 10.0 Å². The van der Waals surface area contributed by atoms with Crippen LogP contribution in [0.2, 0.25) is 0 Å².